The molecule has 3 aliphatic rings. The number of rotatable bonds is 10. The van der Waals surface area contributed by atoms with Crippen molar-refractivity contribution in [2.45, 2.75) is 136 Å². The van der Waals surface area contributed by atoms with E-state index in [0.717, 1.165) is 55.0 Å². The maximum Gasteiger partial charge on any atom is 0.324 e. The predicted molar refractivity (Wildman–Crippen MR) is 280 cm³/mol. The summed E-state index contributed by atoms with van der Waals surface area (Å²) in [5.41, 5.74) is 7.28. The Morgan fingerprint density at radius 3 is 2.40 bits per heavy atom. The summed E-state index contributed by atoms with van der Waals surface area (Å²) >= 11 is 0. The van der Waals surface area contributed by atoms with Gasteiger partial charge in [-0.3, -0.25) is 38.9 Å². The molecule has 0 aliphatic carbocycles. The number of ether oxygens (including phenoxy) is 2. The van der Waals surface area contributed by atoms with E-state index in [-0.39, 0.29) is 51.6 Å². The molecule has 2 aromatic heterocycles. The van der Waals surface area contributed by atoms with Crippen molar-refractivity contribution in [3.63, 3.8) is 0 Å². The van der Waals surface area contributed by atoms with Crippen molar-refractivity contribution in [2.75, 3.05) is 54.5 Å². The Bertz CT molecular complexity index is 2780. The number of likely N-dealkylation sites (N-methyl/N-ethyl adjacent to an activating group) is 1. The molecule has 5 heterocycles. The van der Waals surface area contributed by atoms with Crippen molar-refractivity contribution in [1.82, 2.24) is 40.0 Å². The second kappa shape index (κ2) is 22.1. The fraction of sp³-hybridized carbons (Fsp3) is 0.544. The number of likely N-dealkylation sites (tertiary alicyclic amines) is 1. The van der Waals surface area contributed by atoms with Gasteiger partial charge in [-0.1, -0.05) is 63.9 Å². The third kappa shape index (κ3) is 11.8. The zero-order chi connectivity index (χ0) is 53.2. The van der Waals surface area contributed by atoms with E-state index in [0.29, 0.717) is 25.8 Å². The molecular formula is C57H75FN8O7. The summed E-state index contributed by atoms with van der Waals surface area (Å²) in [6.45, 7) is 16.6. The Hall–Kier alpha value is -6.15. The van der Waals surface area contributed by atoms with Gasteiger partial charge in [0.1, 0.15) is 18.1 Å². The van der Waals surface area contributed by atoms with Crippen LogP contribution >= 0.6 is 0 Å². The summed E-state index contributed by atoms with van der Waals surface area (Å²) in [6, 6.07) is 15.2. The third-order valence-electron chi connectivity index (χ3n) is 15.1. The molecule has 4 amide bonds. The molecule has 3 aliphatic heterocycles. The monoisotopic (exact) mass is 1000 g/mol. The first kappa shape index (κ1) is 54.6. The minimum absolute atomic E-state index is 0.0166. The van der Waals surface area contributed by atoms with Gasteiger partial charge in [-0.05, 0) is 119 Å². The van der Waals surface area contributed by atoms with Crippen LogP contribution in [0.3, 0.4) is 0 Å². The number of benzene rings is 2. The lowest BCUT2D eigenvalue weighted by atomic mass is 9.84. The third-order valence-corrected chi connectivity index (χ3v) is 15.1. The minimum Gasteiger partial charge on any atom is -0.464 e. The molecular weight excluding hydrogens is 928 g/mol. The van der Waals surface area contributed by atoms with Gasteiger partial charge in [-0.2, -0.15) is 0 Å². The van der Waals surface area contributed by atoms with Crippen LogP contribution in [0.1, 0.15) is 104 Å². The number of cyclic esters (lactones) is 1. The molecule has 73 heavy (non-hydrogen) atoms. The number of esters is 1. The molecule has 2 saturated heterocycles. The first-order valence-corrected chi connectivity index (χ1v) is 25.7. The molecule has 2 N–H and O–H groups in total. The highest BCUT2D eigenvalue weighted by molar-refractivity contribution is 5.97. The average Bonchev–Trinajstić information content (AvgIpc) is 3.67. The van der Waals surface area contributed by atoms with E-state index >= 15 is 4.39 Å². The Morgan fingerprint density at radius 2 is 1.73 bits per heavy atom. The molecule has 6 bridgehead atoms. The van der Waals surface area contributed by atoms with Gasteiger partial charge in [0.05, 0.1) is 29.6 Å². The van der Waals surface area contributed by atoms with Gasteiger partial charge >= 0.3 is 5.97 Å². The lowest BCUT2D eigenvalue weighted by Gasteiger charge is -2.40. The van der Waals surface area contributed by atoms with E-state index in [4.69, 9.17) is 14.5 Å². The Morgan fingerprint density at radius 1 is 1.01 bits per heavy atom. The summed E-state index contributed by atoms with van der Waals surface area (Å²) in [5.74, 6) is 2.29. The van der Waals surface area contributed by atoms with Crippen LogP contribution in [0, 0.1) is 23.2 Å². The van der Waals surface area contributed by atoms with Crippen LogP contribution in [0.5, 0.6) is 0 Å². The molecule has 2 aromatic carbocycles. The highest BCUT2D eigenvalue weighted by atomic mass is 19.1. The van der Waals surface area contributed by atoms with Crippen molar-refractivity contribution in [1.29, 1.82) is 0 Å². The Balaban J connectivity index is 1.22. The highest BCUT2D eigenvalue weighted by Gasteiger charge is 2.47. The number of aromatic nitrogens is 2. The van der Waals surface area contributed by atoms with Crippen LogP contribution in [0.15, 0.2) is 60.8 Å². The minimum atomic E-state index is -2.34. The van der Waals surface area contributed by atoms with Crippen molar-refractivity contribution >= 4 is 40.5 Å². The molecule has 0 unspecified atom stereocenters. The molecule has 0 spiro atoms. The number of hydrazine groups is 1. The number of halogens is 1. The summed E-state index contributed by atoms with van der Waals surface area (Å²) in [6.07, 6.45) is 2.56. The van der Waals surface area contributed by atoms with Gasteiger partial charge in [-0.15, -0.1) is 0 Å². The second-order valence-electron chi connectivity index (χ2n) is 21.9. The molecule has 0 radical (unpaired) electrons. The van der Waals surface area contributed by atoms with Gasteiger partial charge in [0.25, 0.3) is 17.7 Å². The average molecular weight is 1000 g/mol. The number of hydrogen-bond acceptors (Lipinski definition) is 10. The lowest BCUT2D eigenvalue weighted by Crippen LogP contribution is -2.63. The summed E-state index contributed by atoms with van der Waals surface area (Å²) in [4.78, 5) is 80.0. The standard InChI is InChI=1S/C57H75FN8O7/c1-13-65-46-22-21-40-33-42(46)43(50(65)41-19-15-27-59-48(41)37(4)72-12)34-55(5,6)35-73-53(70)44-20-16-28-66(61-44)52(69)45(32-38-17-14-18-39(40)31-38)60-51(68)49(36(2)3)63(11)54(71)57(58)25-29-64(30-26-57)47(67)23-24-56(7,8)62(9)10/h14-15,17-19,21-22,27,31,33,36-37,44-45,49,61H,13,16,20,25-26,28-30,32,34-35H2,1-12H3,(H,60,68)/t37-,44-,45-,49-/m0/s1. The molecule has 2 fully saturated rings. The smallest absolute Gasteiger partial charge is 0.324 e. The molecule has 4 atom stereocenters. The number of nitrogens with zero attached hydrogens (tertiary/aromatic N) is 6. The molecule has 4 aromatic rings. The number of fused-ring (bicyclic) bond motifs is 6. The first-order valence-electron chi connectivity index (χ1n) is 25.7. The molecule has 16 heteroatoms. The second-order valence-corrected chi connectivity index (χ2v) is 21.9. The van der Waals surface area contributed by atoms with Gasteiger partial charge in [0, 0.05) is 87.7 Å². The van der Waals surface area contributed by atoms with E-state index in [1.807, 2.05) is 70.1 Å². The number of amides is 4. The van der Waals surface area contributed by atoms with Crippen LogP contribution in [-0.2, 0) is 52.8 Å². The number of alkyl halides is 1. The maximum atomic E-state index is 16.8. The topological polar surface area (TPSA) is 159 Å². The fourth-order valence-corrected chi connectivity index (χ4v) is 10.3. The highest BCUT2D eigenvalue weighted by Crippen LogP contribution is 2.42. The van der Waals surface area contributed by atoms with Gasteiger partial charge in [0.2, 0.25) is 5.91 Å². The normalized spacial score (nSPS) is 20.2. The van der Waals surface area contributed by atoms with Crippen LogP contribution in [0.25, 0.3) is 33.3 Å². The zero-order valence-electron chi connectivity index (χ0n) is 44.9. The number of nitrogens with one attached hydrogen (secondary N) is 2. The van der Waals surface area contributed by atoms with Crippen LogP contribution < -0.4 is 10.7 Å². The van der Waals surface area contributed by atoms with Gasteiger partial charge in [-0.25, -0.2) is 9.82 Å². The summed E-state index contributed by atoms with van der Waals surface area (Å²) < 4.78 is 31.1. The van der Waals surface area contributed by atoms with Crippen LogP contribution in [0.4, 0.5) is 4.39 Å². The van der Waals surface area contributed by atoms with Gasteiger partial charge < -0.3 is 29.2 Å². The van der Waals surface area contributed by atoms with Crippen molar-refractivity contribution in [3.05, 3.63) is 77.6 Å². The van der Waals surface area contributed by atoms with E-state index in [2.05, 4.69) is 72.2 Å². The first-order chi connectivity index (χ1) is 34.5. The number of methoxy groups -OCH3 is 1. The lowest BCUT2D eigenvalue weighted by molar-refractivity contribution is -0.156. The van der Waals surface area contributed by atoms with E-state index < -0.39 is 70.3 Å². The Kier molecular flexibility index (Phi) is 16.6. The van der Waals surface area contributed by atoms with Crippen LogP contribution in [0.2, 0.25) is 0 Å². The largest absolute Gasteiger partial charge is 0.464 e. The zero-order valence-corrected chi connectivity index (χ0v) is 44.9. The summed E-state index contributed by atoms with van der Waals surface area (Å²) in [5, 5.41) is 5.43. The molecule has 0 saturated carbocycles. The van der Waals surface area contributed by atoms with Crippen molar-refractivity contribution < 1.29 is 37.8 Å². The van der Waals surface area contributed by atoms with Gasteiger partial charge in [0.15, 0.2) is 5.67 Å². The number of hydrogen-bond donors (Lipinski definition) is 2. The Labute approximate surface area is 430 Å². The molecule has 15 nitrogen and oxygen atoms in total. The number of aryl methyl sites for hydroxylation is 1. The van der Waals surface area contributed by atoms with Crippen molar-refractivity contribution in [2.24, 2.45) is 11.3 Å². The van der Waals surface area contributed by atoms with Crippen LogP contribution in [-0.4, -0.2) is 143 Å². The number of pyridine rings is 1. The number of carbonyl (C=O) groups excluding carboxylic acids is 5. The van der Waals surface area contributed by atoms with E-state index in [1.165, 1.54) is 17.0 Å². The number of piperidine rings is 1. The van der Waals surface area contributed by atoms with E-state index in [1.54, 1.807) is 27.2 Å². The molecule has 392 valence electrons. The predicted octanol–water partition coefficient (Wildman–Crippen LogP) is 6.90. The number of carbonyl (C=O) groups is 5. The SMILES string of the molecule is CCn1c(-c2cccnc2[C@H](C)OC)c2c3cc(ccc31)-c1cccc(c1)C[C@H](NC(=O)[C@H](C(C)C)N(C)C(=O)C1(F)CCN(C(=O)C#CC(C)(C)N(C)C)CC1)C(=O)N1CCC[C@H](N1)C(=O)OCC(C)(C)C2. The maximum absolute atomic E-state index is 16.8. The summed E-state index contributed by atoms with van der Waals surface area (Å²) in [7, 11) is 6.82. The fourth-order valence-electron chi connectivity index (χ4n) is 10.3. The quantitative estimate of drug-likeness (QED) is 0.127. The van der Waals surface area contributed by atoms with Crippen molar-refractivity contribution in [3.8, 4) is 34.2 Å². The van der Waals surface area contributed by atoms with E-state index in [9.17, 15) is 24.0 Å². The molecule has 7 rings (SSSR count).